The zero-order valence-corrected chi connectivity index (χ0v) is 14.7. The smallest absolute Gasteiger partial charge is 0.225 e. The van der Waals surface area contributed by atoms with Gasteiger partial charge < -0.3 is 5.32 Å². The van der Waals surface area contributed by atoms with E-state index < -0.39 is 10.0 Å². The Balaban J connectivity index is 1.96. The number of pyridine rings is 1. The number of nitrogens with one attached hydrogen (secondary N) is 1. The number of hydrogen-bond donors (Lipinski definition) is 1. The SMILES string of the molecule is CS(=O)(=O)N(CCC(=O)Nc1cccc(Cl)c1)Cc1ccncc1. The lowest BCUT2D eigenvalue weighted by atomic mass is 10.2. The Morgan fingerprint density at radius 2 is 1.96 bits per heavy atom. The van der Waals surface area contributed by atoms with Crippen molar-refractivity contribution in [3.8, 4) is 0 Å². The van der Waals surface area contributed by atoms with Crippen LogP contribution in [-0.2, 0) is 21.4 Å². The summed E-state index contributed by atoms with van der Waals surface area (Å²) >= 11 is 5.86. The van der Waals surface area contributed by atoms with Gasteiger partial charge in [0.15, 0.2) is 0 Å². The molecule has 0 aliphatic heterocycles. The molecule has 2 aromatic rings. The molecule has 0 fully saturated rings. The third-order valence-electron chi connectivity index (χ3n) is 3.27. The second-order valence-corrected chi connectivity index (χ2v) is 7.68. The van der Waals surface area contributed by atoms with Gasteiger partial charge in [0.05, 0.1) is 6.26 Å². The topological polar surface area (TPSA) is 79.4 Å². The molecule has 24 heavy (non-hydrogen) atoms. The summed E-state index contributed by atoms with van der Waals surface area (Å²) in [5.41, 5.74) is 1.39. The number of carbonyl (C=O) groups excluding carboxylic acids is 1. The number of halogens is 1. The largest absolute Gasteiger partial charge is 0.326 e. The van der Waals surface area contributed by atoms with Crippen molar-refractivity contribution in [1.82, 2.24) is 9.29 Å². The number of anilines is 1. The lowest BCUT2D eigenvalue weighted by molar-refractivity contribution is -0.116. The molecule has 6 nitrogen and oxygen atoms in total. The van der Waals surface area contributed by atoms with Crippen LogP contribution in [0, 0.1) is 0 Å². The van der Waals surface area contributed by atoms with Gasteiger partial charge >= 0.3 is 0 Å². The molecule has 1 heterocycles. The summed E-state index contributed by atoms with van der Waals surface area (Å²) in [6, 6.07) is 10.3. The van der Waals surface area contributed by atoms with Crippen molar-refractivity contribution in [1.29, 1.82) is 0 Å². The van der Waals surface area contributed by atoms with Crippen LogP contribution in [0.5, 0.6) is 0 Å². The predicted molar refractivity (Wildman–Crippen MR) is 94.2 cm³/mol. The van der Waals surface area contributed by atoms with E-state index >= 15 is 0 Å². The Morgan fingerprint density at radius 1 is 1.25 bits per heavy atom. The monoisotopic (exact) mass is 367 g/mol. The maximum absolute atomic E-state index is 12.0. The minimum Gasteiger partial charge on any atom is -0.326 e. The van der Waals surface area contributed by atoms with Gasteiger partial charge in [-0.3, -0.25) is 9.78 Å². The van der Waals surface area contributed by atoms with Gasteiger partial charge in [-0.1, -0.05) is 17.7 Å². The van der Waals surface area contributed by atoms with Crippen molar-refractivity contribution in [3.63, 3.8) is 0 Å². The lowest BCUT2D eigenvalue weighted by Gasteiger charge is -2.19. The minimum absolute atomic E-state index is 0.0463. The van der Waals surface area contributed by atoms with Crippen LogP contribution >= 0.6 is 11.6 Å². The van der Waals surface area contributed by atoms with Gasteiger partial charge in [0.2, 0.25) is 15.9 Å². The van der Waals surface area contributed by atoms with E-state index in [1.165, 1.54) is 4.31 Å². The first-order valence-corrected chi connectivity index (χ1v) is 9.46. The van der Waals surface area contributed by atoms with Gasteiger partial charge in [0, 0.05) is 42.6 Å². The standard InChI is InChI=1S/C16H18ClN3O3S/c1-24(22,23)20(12-13-5-8-18-9-6-13)10-7-16(21)19-15-4-2-3-14(17)11-15/h2-6,8-9,11H,7,10,12H2,1H3,(H,19,21). The van der Waals surface area contributed by atoms with Crippen LogP contribution in [0.2, 0.25) is 5.02 Å². The van der Waals surface area contributed by atoms with Gasteiger partial charge in [-0.25, -0.2) is 8.42 Å². The van der Waals surface area contributed by atoms with Crippen LogP contribution < -0.4 is 5.32 Å². The fourth-order valence-corrected chi connectivity index (χ4v) is 3.07. The summed E-state index contributed by atoms with van der Waals surface area (Å²) in [7, 11) is -3.43. The van der Waals surface area contributed by atoms with Crippen molar-refractivity contribution < 1.29 is 13.2 Å². The molecule has 0 saturated carbocycles. The summed E-state index contributed by atoms with van der Waals surface area (Å²) in [5, 5.41) is 3.22. The summed E-state index contributed by atoms with van der Waals surface area (Å²) in [4.78, 5) is 15.9. The highest BCUT2D eigenvalue weighted by atomic mass is 35.5. The van der Waals surface area contributed by atoms with Gasteiger partial charge in [-0.05, 0) is 35.9 Å². The Kier molecular flexibility index (Phi) is 6.30. The van der Waals surface area contributed by atoms with E-state index in [-0.39, 0.29) is 25.4 Å². The van der Waals surface area contributed by atoms with E-state index in [0.717, 1.165) is 11.8 Å². The summed E-state index contributed by atoms with van der Waals surface area (Å²) in [5.74, 6) is -0.277. The highest BCUT2D eigenvalue weighted by molar-refractivity contribution is 7.88. The molecule has 1 amide bonds. The molecule has 1 aromatic heterocycles. The summed E-state index contributed by atoms with van der Waals surface area (Å²) < 4.78 is 25.1. The molecule has 0 aliphatic rings. The van der Waals surface area contributed by atoms with E-state index in [2.05, 4.69) is 10.3 Å². The molecule has 0 aliphatic carbocycles. The third kappa shape index (κ3) is 5.92. The van der Waals surface area contributed by atoms with Crippen LogP contribution in [0.4, 0.5) is 5.69 Å². The molecule has 8 heteroatoms. The summed E-state index contributed by atoms with van der Waals surface area (Å²) in [6.07, 6.45) is 4.37. The number of benzene rings is 1. The highest BCUT2D eigenvalue weighted by Crippen LogP contribution is 2.15. The van der Waals surface area contributed by atoms with Crippen molar-refractivity contribution in [3.05, 3.63) is 59.4 Å². The van der Waals surface area contributed by atoms with Crippen molar-refractivity contribution in [2.75, 3.05) is 18.1 Å². The average Bonchev–Trinajstić information content (AvgIpc) is 2.51. The Labute approximate surface area is 146 Å². The molecule has 0 bridgehead atoms. The second kappa shape index (κ2) is 8.23. The van der Waals surface area contributed by atoms with E-state index in [9.17, 15) is 13.2 Å². The molecule has 1 aromatic carbocycles. The molecule has 0 spiro atoms. The number of rotatable bonds is 7. The molecular weight excluding hydrogens is 350 g/mol. The molecular formula is C16H18ClN3O3S. The number of carbonyl (C=O) groups is 1. The molecule has 2 rings (SSSR count). The van der Waals surface area contributed by atoms with Crippen LogP contribution in [0.25, 0.3) is 0 Å². The third-order valence-corrected chi connectivity index (χ3v) is 4.76. The molecule has 0 unspecified atom stereocenters. The number of sulfonamides is 1. The number of hydrogen-bond acceptors (Lipinski definition) is 4. The van der Waals surface area contributed by atoms with Crippen LogP contribution in [0.1, 0.15) is 12.0 Å². The van der Waals surface area contributed by atoms with E-state index in [1.54, 1.807) is 48.8 Å². The van der Waals surface area contributed by atoms with E-state index in [1.807, 2.05) is 0 Å². The van der Waals surface area contributed by atoms with E-state index in [0.29, 0.717) is 10.7 Å². The predicted octanol–water partition coefficient (Wildman–Crippen LogP) is 2.53. The molecule has 0 saturated heterocycles. The normalized spacial score (nSPS) is 11.5. The van der Waals surface area contributed by atoms with Gasteiger partial charge in [-0.15, -0.1) is 0 Å². The Morgan fingerprint density at radius 3 is 2.58 bits per heavy atom. The highest BCUT2D eigenvalue weighted by Gasteiger charge is 2.18. The zero-order valence-electron chi connectivity index (χ0n) is 13.1. The number of aromatic nitrogens is 1. The molecule has 128 valence electrons. The van der Waals surface area contributed by atoms with Gasteiger partial charge in [0.1, 0.15) is 0 Å². The van der Waals surface area contributed by atoms with E-state index in [4.69, 9.17) is 11.6 Å². The van der Waals surface area contributed by atoms with Gasteiger partial charge in [0.25, 0.3) is 0 Å². The first-order chi connectivity index (χ1) is 11.3. The molecule has 0 radical (unpaired) electrons. The maximum Gasteiger partial charge on any atom is 0.225 e. The zero-order chi connectivity index (χ0) is 17.6. The summed E-state index contributed by atoms with van der Waals surface area (Å²) in [6.45, 7) is 0.291. The Bertz CT molecular complexity index is 797. The minimum atomic E-state index is -3.43. The first-order valence-electron chi connectivity index (χ1n) is 7.24. The van der Waals surface area contributed by atoms with Crippen molar-refractivity contribution >= 4 is 33.2 Å². The quantitative estimate of drug-likeness (QED) is 0.815. The number of amides is 1. The van der Waals surface area contributed by atoms with Crippen LogP contribution in [0.3, 0.4) is 0 Å². The maximum atomic E-state index is 12.0. The fraction of sp³-hybridized carbons (Fsp3) is 0.250. The first kappa shape index (κ1) is 18.4. The number of nitrogens with zero attached hydrogens (tertiary/aromatic N) is 2. The molecule has 1 N–H and O–H groups in total. The molecule has 0 atom stereocenters. The van der Waals surface area contributed by atoms with Crippen molar-refractivity contribution in [2.45, 2.75) is 13.0 Å². The Hall–Kier alpha value is -1.96. The fourth-order valence-electron chi connectivity index (χ4n) is 2.07. The van der Waals surface area contributed by atoms with Gasteiger partial charge in [-0.2, -0.15) is 4.31 Å². The van der Waals surface area contributed by atoms with Crippen LogP contribution in [-0.4, -0.2) is 36.4 Å². The average molecular weight is 368 g/mol. The van der Waals surface area contributed by atoms with Crippen molar-refractivity contribution in [2.24, 2.45) is 0 Å². The lowest BCUT2D eigenvalue weighted by Crippen LogP contribution is -2.32. The van der Waals surface area contributed by atoms with Crippen LogP contribution in [0.15, 0.2) is 48.8 Å². The second-order valence-electron chi connectivity index (χ2n) is 5.26.